The molecule has 2 nitrogen and oxygen atoms in total. The Hall–Kier alpha value is -0.370. The Morgan fingerprint density at radius 3 is 2.14 bits per heavy atom. The van der Waals surface area contributed by atoms with Crippen molar-refractivity contribution in [2.45, 2.75) is 53.0 Å². The van der Waals surface area contributed by atoms with Crippen LogP contribution in [0.5, 0.6) is 0 Å². The molecule has 0 aromatic heterocycles. The molecule has 0 rings (SSSR count). The monoisotopic (exact) mass is 199 g/mol. The van der Waals surface area contributed by atoms with E-state index >= 15 is 0 Å². The maximum Gasteiger partial charge on any atom is 0.121 e. The Morgan fingerprint density at radius 1 is 1.21 bits per heavy atom. The second-order valence-corrected chi connectivity index (χ2v) is 4.31. The van der Waals surface area contributed by atoms with Crippen LogP contribution in [0.1, 0.15) is 47.0 Å². The summed E-state index contributed by atoms with van der Waals surface area (Å²) in [6.07, 6.45) is 4.06. The van der Waals surface area contributed by atoms with Crippen molar-refractivity contribution in [1.82, 2.24) is 4.90 Å². The third kappa shape index (κ3) is 5.38. The van der Waals surface area contributed by atoms with Gasteiger partial charge in [-0.25, -0.2) is 0 Å². The normalized spacial score (nSPS) is 11.6. The minimum atomic E-state index is 0.650. The number of nitrogens with zero attached hydrogens (tertiary/aromatic N) is 1. The van der Waals surface area contributed by atoms with E-state index in [0.29, 0.717) is 18.4 Å². The molecule has 0 aromatic carbocycles. The molecule has 0 bridgehead atoms. The number of carbonyl (C=O) groups excluding carboxylic acids is 1. The first-order valence-corrected chi connectivity index (χ1v) is 5.83. The van der Waals surface area contributed by atoms with Gasteiger partial charge < -0.3 is 4.79 Å². The van der Waals surface area contributed by atoms with Gasteiger partial charge in [-0.15, -0.1) is 0 Å². The molecule has 0 aliphatic rings. The summed E-state index contributed by atoms with van der Waals surface area (Å²) in [6.45, 7) is 11.0. The Labute approximate surface area is 88.7 Å². The largest absolute Gasteiger partial charge is 0.303 e. The maximum atomic E-state index is 10.4. The lowest BCUT2D eigenvalue weighted by Gasteiger charge is -2.31. The SMILES string of the molecule is CCC(CC)N(CCC=O)CC(C)C. The molecule has 0 heterocycles. The summed E-state index contributed by atoms with van der Waals surface area (Å²) in [5.41, 5.74) is 0. The Balaban J connectivity index is 4.12. The van der Waals surface area contributed by atoms with Gasteiger partial charge in [0, 0.05) is 25.6 Å². The topological polar surface area (TPSA) is 20.3 Å². The van der Waals surface area contributed by atoms with Crippen molar-refractivity contribution in [3.63, 3.8) is 0 Å². The highest BCUT2D eigenvalue weighted by Crippen LogP contribution is 2.11. The van der Waals surface area contributed by atoms with E-state index in [-0.39, 0.29) is 0 Å². The van der Waals surface area contributed by atoms with Gasteiger partial charge in [0.15, 0.2) is 0 Å². The van der Waals surface area contributed by atoms with Crippen LogP contribution in [0.25, 0.3) is 0 Å². The molecule has 0 atom stereocenters. The molecule has 0 N–H and O–H groups in total. The van der Waals surface area contributed by atoms with Gasteiger partial charge in [0.2, 0.25) is 0 Å². The fourth-order valence-corrected chi connectivity index (χ4v) is 1.92. The Bertz CT molecular complexity index is 141. The number of hydrogen-bond donors (Lipinski definition) is 0. The molecule has 0 amide bonds. The van der Waals surface area contributed by atoms with E-state index in [2.05, 4.69) is 32.6 Å². The fourth-order valence-electron chi connectivity index (χ4n) is 1.92. The third-order valence-corrected chi connectivity index (χ3v) is 2.59. The zero-order chi connectivity index (χ0) is 11.0. The van der Waals surface area contributed by atoms with E-state index in [4.69, 9.17) is 0 Å². The van der Waals surface area contributed by atoms with Crippen LogP contribution in [0, 0.1) is 5.92 Å². The molecular weight excluding hydrogens is 174 g/mol. The summed E-state index contributed by atoms with van der Waals surface area (Å²) < 4.78 is 0. The van der Waals surface area contributed by atoms with E-state index in [1.807, 2.05) is 0 Å². The van der Waals surface area contributed by atoms with Crippen LogP contribution in [-0.2, 0) is 4.79 Å². The molecule has 0 aromatic rings. The first kappa shape index (κ1) is 13.6. The highest BCUT2D eigenvalue weighted by atomic mass is 16.1. The molecule has 0 saturated heterocycles. The molecule has 14 heavy (non-hydrogen) atoms. The summed E-state index contributed by atoms with van der Waals surface area (Å²) in [5, 5.41) is 0. The second kappa shape index (κ2) is 7.98. The van der Waals surface area contributed by atoms with Crippen LogP contribution in [-0.4, -0.2) is 30.3 Å². The van der Waals surface area contributed by atoms with E-state index in [9.17, 15) is 4.79 Å². The van der Waals surface area contributed by atoms with Gasteiger partial charge in [0.25, 0.3) is 0 Å². The molecule has 0 aliphatic carbocycles. The summed E-state index contributed by atoms with van der Waals surface area (Å²) in [7, 11) is 0. The highest BCUT2D eigenvalue weighted by Gasteiger charge is 2.15. The lowest BCUT2D eigenvalue weighted by molar-refractivity contribution is -0.108. The first-order valence-electron chi connectivity index (χ1n) is 5.83. The summed E-state index contributed by atoms with van der Waals surface area (Å²) in [4.78, 5) is 12.8. The van der Waals surface area contributed by atoms with Crippen molar-refractivity contribution in [1.29, 1.82) is 0 Å². The maximum absolute atomic E-state index is 10.4. The number of aldehydes is 1. The van der Waals surface area contributed by atoms with Crippen molar-refractivity contribution < 1.29 is 4.79 Å². The average molecular weight is 199 g/mol. The molecule has 0 unspecified atom stereocenters. The van der Waals surface area contributed by atoms with Crippen molar-refractivity contribution in [2.75, 3.05) is 13.1 Å². The Kier molecular flexibility index (Phi) is 7.77. The minimum Gasteiger partial charge on any atom is -0.303 e. The van der Waals surface area contributed by atoms with Gasteiger partial charge in [-0.3, -0.25) is 4.90 Å². The molecule has 0 saturated carbocycles. The summed E-state index contributed by atoms with van der Waals surface area (Å²) in [5.74, 6) is 0.683. The van der Waals surface area contributed by atoms with Crippen molar-refractivity contribution >= 4 is 6.29 Å². The third-order valence-electron chi connectivity index (χ3n) is 2.59. The zero-order valence-corrected chi connectivity index (χ0v) is 10.1. The van der Waals surface area contributed by atoms with Gasteiger partial charge in [-0.2, -0.15) is 0 Å². The molecule has 0 fully saturated rings. The van der Waals surface area contributed by atoms with Gasteiger partial charge in [-0.05, 0) is 18.8 Å². The molecule has 0 radical (unpaired) electrons. The molecule has 84 valence electrons. The van der Waals surface area contributed by atoms with Crippen LogP contribution in [0.4, 0.5) is 0 Å². The fraction of sp³-hybridized carbons (Fsp3) is 0.917. The first-order chi connectivity index (χ1) is 6.65. The predicted molar refractivity (Wildman–Crippen MR) is 61.5 cm³/mol. The highest BCUT2D eigenvalue weighted by molar-refractivity contribution is 5.49. The number of carbonyl (C=O) groups is 1. The summed E-state index contributed by atoms with van der Waals surface area (Å²) >= 11 is 0. The van der Waals surface area contributed by atoms with E-state index in [1.165, 1.54) is 12.8 Å². The van der Waals surface area contributed by atoms with Crippen molar-refractivity contribution in [2.24, 2.45) is 5.92 Å². The van der Waals surface area contributed by atoms with E-state index in [0.717, 1.165) is 19.4 Å². The zero-order valence-electron chi connectivity index (χ0n) is 10.1. The molecule has 0 spiro atoms. The molecular formula is C12H25NO. The van der Waals surface area contributed by atoms with Gasteiger partial charge in [0.1, 0.15) is 6.29 Å². The second-order valence-electron chi connectivity index (χ2n) is 4.31. The van der Waals surface area contributed by atoms with E-state index < -0.39 is 0 Å². The van der Waals surface area contributed by atoms with Gasteiger partial charge in [-0.1, -0.05) is 27.7 Å². The number of hydrogen-bond acceptors (Lipinski definition) is 2. The molecule has 0 aliphatic heterocycles. The quantitative estimate of drug-likeness (QED) is 0.560. The van der Waals surface area contributed by atoms with Crippen LogP contribution in [0.15, 0.2) is 0 Å². The van der Waals surface area contributed by atoms with E-state index in [1.54, 1.807) is 0 Å². The van der Waals surface area contributed by atoms with Gasteiger partial charge in [0.05, 0.1) is 0 Å². The minimum absolute atomic E-state index is 0.650. The lowest BCUT2D eigenvalue weighted by Crippen LogP contribution is -2.38. The average Bonchev–Trinajstić information content (AvgIpc) is 2.15. The number of rotatable bonds is 8. The standard InChI is InChI=1S/C12H25NO/c1-5-12(6-2)13(8-7-9-14)10-11(3)4/h9,11-12H,5-8,10H2,1-4H3. The van der Waals surface area contributed by atoms with Crippen molar-refractivity contribution in [3.05, 3.63) is 0 Å². The predicted octanol–water partition coefficient (Wildman–Crippen LogP) is 2.72. The summed E-state index contributed by atoms with van der Waals surface area (Å²) in [6, 6.07) is 0.650. The molecule has 2 heteroatoms. The van der Waals surface area contributed by atoms with Crippen LogP contribution in [0.3, 0.4) is 0 Å². The Morgan fingerprint density at radius 2 is 1.79 bits per heavy atom. The van der Waals surface area contributed by atoms with Crippen LogP contribution in [0.2, 0.25) is 0 Å². The van der Waals surface area contributed by atoms with Gasteiger partial charge >= 0.3 is 0 Å². The van der Waals surface area contributed by atoms with Crippen LogP contribution >= 0.6 is 0 Å². The smallest absolute Gasteiger partial charge is 0.121 e. The van der Waals surface area contributed by atoms with Crippen molar-refractivity contribution in [3.8, 4) is 0 Å². The van der Waals surface area contributed by atoms with Crippen LogP contribution < -0.4 is 0 Å². The lowest BCUT2D eigenvalue weighted by atomic mass is 10.1.